The van der Waals surface area contributed by atoms with Crippen molar-refractivity contribution < 1.29 is 0 Å². The highest BCUT2D eigenvalue weighted by Crippen LogP contribution is 2.24. The lowest BCUT2D eigenvalue weighted by Gasteiger charge is -2.34. The van der Waals surface area contributed by atoms with Crippen LogP contribution < -0.4 is 0 Å². The molecule has 1 saturated heterocycles. The number of aromatic nitrogens is 3. The van der Waals surface area contributed by atoms with Crippen LogP contribution in [0.3, 0.4) is 0 Å². The standard InChI is InChI=1S/C18H25N5/c1-2-8-19-16(5-1)13-22-14-17-6-9-20-23(17)18(15-22)7-12-21-10-3-4-11-21/h1-2,5-6,8-9,18H,3-4,7,10-15H2. The maximum Gasteiger partial charge on any atom is 0.0662 e. The van der Waals surface area contributed by atoms with Crippen molar-refractivity contribution in [1.82, 2.24) is 24.6 Å². The lowest BCUT2D eigenvalue weighted by atomic mass is 10.1. The highest BCUT2D eigenvalue weighted by molar-refractivity contribution is 5.08. The zero-order chi connectivity index (χ0) is 15.5. The molecule has 0 bridgehead atoms. The number of rotatable bonds is 5. The second-order valence-corrected chi connectivity index (χ2v) is 6.75. The summed E-state index contributed by atoms with van der Waals surface area (Å²) in [5.41, 5.74) is 2.48. The molecule has 0 spiro atoms. The summed E-state index contributed by atoms with van der Waals surface area (Å²) in [6.45, 7) is 6.70. The molecule has 0 amide bonds. The molecule has 0 saturated carbocycles. The zero-order valence-corrected chi connectivity index (χ0v) is 13.6. The van der Waals surface area contributed by atoms with E-state index in [9.17, 15) is 0 Å². The van der Waals surface area contributed by atoms with E-state index in [-0.39, 0.29) is 0 Å². The van der Waals surface area contributed by atoms with E-state index in [1.54, 1.807) is 0 Å². The van der Waals surface area contributed by atoms with Gasteiger partial charge in [0.05, 0.1) is 17.4 Å². The minimum Gasteiger partial charge on any atom is -0.303 e. The van der Waals surface area contributed by atoms with Gasteiger partial charge in [0.1, 0.15) is 0 Å². The van der Waals surface area contributed by atoms with Gasteiger partial charge in [-0.3, -0.25) is 14.6 Å². The molecular weight excluding hydrogens is 286 g/mol. The summed E-state index contributed by atoms with van der Waals surface area (Å²) in [6.07, 6.45) is 7.75. The molecule has 4 heterocycles. The third-order valence-electron chi connectivity index (χ3n) is 5.04. The van der Waals surface area contributed by atoms with E-state index in [0.29, 0.717) is 6.04 Å². The Morgan fingerprint density at radius 1 is 1.04 bits per heavy atom. The Hall–Kier alpha value is -1.72. The van der Waals surface area contributed by atoms with Crippen molar-refractivity contribution in [2.24, 2.45) is 0 Å². The van der Waals surface area contributed by atoms with Crippen LogP contribution in [-0.2, 0) is 13.1 Å². The van der Waals surface area contributed by atoms with Crippen molar-refractivity contribution >= 4 is 0 Å². The van der Waals surface area contributed by atoms with Crippen LogP contribution in [0.25, 0.3) is 0 Å². The predicted octanol–water partition coefficient (Wildman–Crippen LogP) is 2.32. The third kappa shape index (κ3) is 3.46. The average molecular weight is 311 g/mol. The van der Waals surface area contributed by atoms with Gasteiger partial charge in [-0.05, 0) is 50.6 Å². The monoisotopic (exact) mass is 311 g/mol. The average Bonchev–Trinajstić information content (AvgIpc) is 3.25. The third-order valence-corrected chi connectivity index (χ3v) is 5.04. The number of fused-ring (bicyclic) bond motifs is 1. The quantitative estimate of drug-likeness (QED) is 0.849. The molecule has 2 aromatic heterocycles. The van der Waals surface area contributed by atoms with Crippen molar-refractivity contribution in [2.45, 2.75) is 38.4 Å². The van der Waals surface area contributed by atoms with Crippen LogP contribution in [-0.4, -0.2) is 50.7 Å². The van der Waals surface area contributed by atoms with Crippen LogP contribution in [0, 0.1) is 0 Å². The van der Waals surface area contributed by atoms with Crippen molar-refractivity contribution in [1.29, 1.82) is 0 Å². The second kappa shape index (κ2) is 6.81. The molecule has 2 aromatic rings. The van der Waals surface area contributed by atoms with Crippen molar-refractivity contribution in [2.75, 3.05) is 26.2 Å². The minimum absolute atomic E-state index is 0.484. The molecule has 2 aliphatic rings. The normalized spacial score (nSPS) is 22.3. The molecule has 2 aliphatic heterocycles. The highest BCUT2D eigenvalue weighted by atomic mass is 15.4. The lowest BCUT2D eigenvalue weighted by molar-refractivity contribution is 0.150. The predicted molar refractivity (Wildman–Crippen MR) is 89.9 cm³/mol. The molecule has 5 nitrogen and oxygen atoms in total. The molecule has 1 unspecified atom stereocenters. The number of nitrogens with zero attached hydrogens (tertiary/aromatic N) is 5. The van der Waals surface area contributed by atoms with E-state index in [2.05, 4.69) is 42.8 Å². The van der Waals surface area contributed by atoms with Crippen LogP contribution in [0.5, 0.6) is 0 Å². The maximum atomic E-state index is 4.58. The van der Waals surface area contributed by atoms with Gasteiger partial charge in [-0.1, -0.05) is 6.07 Å². The van der Waals surface area contributed by atoms with Crippen molar-refractivity contribution in [3.63, 3.8) is 0 Å². The fraction of sp³-hybridized carbons (Fsp3) is 0.556. The fourth-order valence-corrected chi connectivity index (χ4v) is 3.86. The van der Waals surface area contributed by atoms with Gasteiger partial charge in [-0.15, -0.1) is 0 Å². The smallest absolute Gasteiger partial charge is 0.0662 e. The highest BCUT2D eigenvalue weighted by Gasteiger charge is 2.26. The van der Waals surface area contributed by atoms with Crippen molar-refractivity contribution in [3.05, 3.63) is 48.0 Å². The largest absolute Gasteiger partial charge is 0.303 e. The van der Waals surface area contributed by atoms with E-state index < -0.39 is 0 Å². The Labute approximate surface area is 137 Å². The number of hydrogen-bond acceptors (Lipinski definition) is 4. The van der Waals surface area contributed by atoms with Crippen LogP contribution in [0.2, 0.25) is 0 Å². The van der Waals surface area contributed by atoms with Gasteiger partial charge < -0.3 is 4.90 Å². The summed E-state index contributed by atoms with van der Waals surface area (Å²) in [4.78, 5) is 9.58. The van der Waals surface area contributed by atoms with Crippen LogP contribution in [0.1, 0.15) is 36.7 Å². The number of hydrogen-bond donors (Lipinski definition) is 0. The molecule has 23 heavy (non-hydrogen) atoms. The van der Waals surface area contributed by atoms with Gasteiger partial charge in [-0.25, -0.2) is 0 Å². The summed E-state index contributed by atoms with van der Waals surface area (Å²) in [6, 6.07) is 8.81. The summed E-state index contributed by atoms with van der Waals surface area (Å²) < 4.78 is 2.25. The maximum absolute atomic E-state index is 4.58. The molecule has 4 rings (SSSR count). The van der Waals surface area contributed by atoms with Crippen LogP contribution >= 0.6 is 0 Å². The Bertz CT molecular complexity index is 617. The van der Waals surface area contributed by atoms with E-state index in [1.807, 2.05) is 18.5 Å². The molecular formula is C18H25N5. The summed E-state index contributed by atoms with van der Waals surface area (Å²) in [5.74, 6) is 0. The first kappa shape index (κ1) is 14.8. The molecule has 122 valence electrons. The summed E-state index contributed by atoms with van der Waals surface area (Å²) >= 11 is 0. The van der Waals surface area contributed by atoms with Gasteiger partial charge in [0, 0.05) is 38.6 Å². The molecule has 5 heteroatoms. The van der Waals surface area contributed by atoms with Crippen LogP contribution in [0.4, 0.5) is 0 Å². The van der Waals surface area contributed by atoms with E-state index >= 15 is 0 Å². The SMILES string of the molecule is c1ccc(CN2Cc3ccnn3C(CCN3CCCC3)C2)nc1. The first-order valence-electron chi connectivity index (χ1n) is 8.75. The lowest BCUT2D eigenvalue weighted by Crippen LogP contribution is -2.38. The van der Waals surface area contributed by atoms with E-state index in [1.165, 1.54) is 44.6 Å². The molecule has 0 radical (unpaired) electrons. The summed E-state index contributed by atoms with van der Waals surface area (Å²) in [5, 5.41) is 4.58. The Morgan fingerprint density at radius 3 is 2.78 bits per heavy atom. The van der Waals surface area contributed by atoms with Gasteiger partial charge in [0.25, 0.3) is 0 Å². The topological polar surface area (TPSA) is 37.2 Å². The number of likely N-dealkylation sites (tertiary alicyclic amines) is 1. The Morgan fingerprint density at radius 2 is 1.96 bits per heavy atom. The first-order chi connectivity index (χ1) is 11.4. The molecule has 1 fully saturated rings. The van der Waals surface area contributed by atoms with E-state index in [0.717, 1.165) is 25.3 Å². The Kier molecular flexibility index (Phi) is 4.39. The van der Waals surface area contributed by atoms with Gasteiger partial charge in [0.2, 0.25) is 0 Å². The molecule has 0 N–H and O–H groups in total. The van der Waals surface area contributed by atoms with Gasteiger partial charge in [0.15, 0.2) is 0 Å². The number of pyridine rings is 1. The molecule has 0 aromatic carbocycles. The molecule has 0 aliphatic carbocycles. The Balaban J connectivity index is 1.43. The fourth-order valence-electron chi connectivity index (χ4n) is 3.86. The summed E-state index contributed by atoms with van der Waals surface area (Å²) in [7, 11) is 0. The first-order valence-corrected chi connectivity index (χ1v) is 8.75. The zero-order valence-electron chi connectivity index (χ0n) is 13.6. The van der Waals surface area contributed by atoms with Crippen LogP contribution in [0.15, 0.2) is 36.7 Å². The van der Waals surface area contributed by atoms with Gasteiger partial charge in [-0.2, -0.15) is 5.10 Å². The molecule has 1 atom stereocenters. The second-order valence-electron chi connectivity index (χ2n) is 6.75. The minimum atomic E-state index is 0.484. The van der Waals surface area contributed by atoms with Crippen molar-refractivity contribution in [3.8, 4) is 0 Å². The van der Waals surface area contributed by atoms with E-state index in [4.69, 9.17) is 0 Å². The van der Waals surface area contributed by atoms with Gasteiger partial charge >= 0.3 is 0 Å².